The van der Waals surface area contributed by atoms with E-state index < -0.39 is 17.8 Å². The maximum atomic E-state index is 12.6. The minimum atomic E-state index is -0.626. The summed E-state index contributed by atoms with van der Waals surface area (Å²) in [7, 11) is 1.62. The van der Waals surface area contributed by atoms with E-state index in [1.165, 1.54) is 0 Å². The number of carbonyl (C=O) groups excluding carboxylic acids is 3. The van der Waals surface area contributed by atoms with Crippen molar-refractivity contribution in [3.05, 3.63) is 90.1 Å². The number of para-hydroxylation sites is 1. The molecule has 0 aromatic heterocycles. The Balaban J connectivity index is 1.43. The highest BCUT2D eigenvalue weighted by Gasteiger charge is 2.34. The summed E-state index contributed by atoms with van der Waals surface area (Å²) in [5.41, 5.74) is 3.51. The fraction of sp³-hybridized carbons (Fsp3) is 0.0800. The van der Waals surface area contributed by atoms with Crippen molar-refractivity contribution >= 4 is 29.6 Å². The number of benzene rings is 3. The van der Waals surface area contributed by atoms with E-state index in [0.717, 1.165) is 27.3 Å². The summed E-state index contributed by atoms with van der Waals surface area (Å²) in [6.45, 7) is -0.368. The summed E-state index contributed by atoms with van der Waals surface area (Å²) in [5, 5.41) is 5.20. The van der Waals surface area contributed by atoms with Crippen LogP contribution in [-0.2, 0) is 9.59 Å². The average Bonchev–Trinajstić information content (AvgIpc) is 3.07. The number of hydrogen-bond donors (Lipinski definition) is 2. The molecule has 1 aliphatic heterocycles. The molecule has 1 aliphatic rings. The number of methoxy groups -OCH3 is 1. The van der Waals surface area contributed by atoms with E-state index >= 15 is 0 Å². The first kappa shape index (κ1) is 20.9. The largest absolute Gasteiger partial charge is 0.497 e. The van der Waals surface area contributed by atoms with Gasteiger partial charge in [-0.15, -0.1) is 0 Å². The van der Waals surface area contributed by atoms with Crippen molar-refractivity contribution in [3.63, 3.8) is 0 Å². The second-order valence-corrected chi connectivity index (χ2v) is 7.14. The standard InChI is InChI=1S/C25H21N3O4/c1-32-21-13-11-19(12-14-21)18-9-7-17(8-10-18)15-22-24(30)28(25(31)27-22)16-23(29)26-20-5-3-2-4-6-20/h2-15H,16H2,1H3,(H,26,29)(H,27,31). The van der Waals surface area contributed by atoms with E-state index in [4.69, 9.17) is 4.74 Å². The van der Waals surface area contributed by atoms with Gasteiger partial charge in [0.15, 0.2) is 0 Å². The zero-order valence-electron chi connectivity index (χ0n) is 17.4. The highest BCUT2D eigenvalue weighted by molar-refractivity contribution is 6.15. The number of imide groups is 1. The molecule has 3 aromatic carbocycles. The summed E-state index contributed by atoms with van der Waals surface area (Å²) in [6, 6.07) is 23.5. The van der Waals surface area contributed by atoms with Crippen LogP contribution in [0.15, 0.2) is 84.6 Å². The molecule has 160 valence electrons. The Hall–Kier alpha value is -4.39. The normalized spacial score (nSPS) is 14.4. The molecule has 32 heavy (non-hydrogen) atoms. The van der Waals surface area contributed by atoms with Gasteiger partial charge < -0.3 is 15.4 Å². The van der Waals surface area contributed by atoms with Gasteiger partial charge in [-0.1, -0.05) is 54.6 Å². The Bertz CT molecular complexity index is 1170. The lowest BCUT2D eigenvalue weighted by Gasteiger charge is -2.11. The van der Waals surface area contributed by atoms with Gasteiger partial charge in [-0.05, 0) is 47.0 Å². The first-order valence-corrected chi connectivity index (χ1v) is 9.97. The van der Waals surface area contributed by atoms with Crippen LogP contribution in [0.4, 0.5) is 10.5 Å². The summed E-state index contributed by atoms with van der Waals surface area (Å²) in [4.78, 5) is 38.0. The number of amides is 4. The van der Waals surface area contributed by atoms with Crippen LogP contribution >= 0.6 is 0 Å². The van der Waals surface area contributed by atoms with E-state index in [0.29, 0.717) is 5.69 Å². The lowest BCUT2D eigenvalue weighted by atomic mass is 10.0. The van der Waals surface area contributed by atoms with Crippen molar-refractivity contribution in [1.82, 2.24) is 10.2 Å². The minimum absolute atomic E-state index is 0.125. The van der Waals surface area contributed by atoms with Crippen LogP contribution in [-0.4, -0.2) is 36.4 Å². The maximum Gasteiger partial charge on any atom is 0.329 e. The molecule has 7 heteroatoms. The minimum Gasteiger partial charge on any atom is -0.497 e. The molecule has 1 heterocycles. The van der Waals surface area contributed by atoms with Crippen LogP contribution in [0.25, 0.3) is 17.2 Å². The fourth-order valence-corrected chi connectivity index (χ4v) is 3.30. The lowest BCUT2D eigenvalue weighted by molar-refractivity contribution is -0.127. The van der Waals surface area contributed by atoms with Gasteiger partial charge in [0.2, 0.25) is 5.91 Å². The first-order chi connectivity index (χ1) is 15.5. The maximum absolute atomic E-state index is 12.6. The third-order valence-electron chi connectivity index (χ3n) is 4.97. The number of nitrogens with zero attached hydrogens (tertiary/aromatic N) is 1. The molecular weight excluding hydrogens is 406 g/mol. The van der Waals surface area contributed by atoms with Gasteiger partial charge in [0.1, 0.15) is 18.0 Å². The highest BCUT2D eigenvalue weighted by Crippen LogP contribution is 2.23. The molecule has 0 atom stereocenters. The second-order valence-electron chi connectivity index (χ2n) is 7.14. The summed E-state index contributed by atoms with van der Waals surface area (Å²) in [6.07, 6.45) is 1.59. The van der Waals surface area contributed by atoms with E-state index in [1.54, 1.807) is 37.5 Å². The van der Waals surface area contributed by atoms with E-state index in [-0.39, 0.29) is 12.2 Å². The Kier molecular flexibility index (Phi) is 5.98. The predicted molar refractivity (Wildman–Crippen MR) is 122 cm³/mol. The Morgan fingerprint density at radius 1 is 0.938 bits per heavy atom. The van der Waals surface area contributed by atoms with Gasteiger partial charge in [-0.25, -0.2) is 9.69 Å². The molecule has 4 rings (SSSR count). The molecule has 0 saturated carbocycles. The molecule has 7 nitrogen and oxygen atoms in total. The van der Waals surface area contributed by atoms with Crippen molar-refractivity contribution in [2.45, 2.75) is 0 Å². The molecule has 4 amide bonds. The van der Waals surface area contributed by atoms with Crippen LogP contribution in [0, 0.1) is 0 Å². The molecule has 0 radical (unpaired) electrons. The third kappa shape index (κ3) is 4.67. The smallest absolute Gasteiger partial charge is 0.329 e. The van der Waals surface area contributed by atoms with Crippen LogP contribution in [0.3, 0.4) is 0 Å². The Labute approximate surface area is 185 Å². The van der Waals surface area contributed by atoms with Gasteiger partial charge in [-0.2, -0.15) is 0 Å². The molecule has 0 aliphatic carbocycles. The van der Waals surface area contributed by atoms with Gasteiger partial charge >= 0.3 is 6.03 Å². The molecule has 3 aromatic rings. The van der Waals surface area contributed by atoms with Crippen LogP contribution in [0.2, 0.25) is 0 Å². The van der Waals surface area contributed by atoms with Crippen LogP contribution < -0.4 is 15.4 Å². The van der Waals surface area contributed by atoms with Gasteiger partial charge in [0.25, 0.3) is 5.91 Å². The SMILES string of the molecule is COc1ccc(-c2ccc(C=C3NC(=O)N(CC(=O)Nc4ccccc4)C3=O)cc2)cc1. The number of urea groups is 1. The summed E-state index contributed by atoms with van der Waals surface area (Å²) >= 11 is 0. The van der Waals surface area contributed by atoms with E-state index in [1.807, 2.05) is 54.6 Å². The van der Waals surface area contributed by atoms with Gasteiger partial charge in [0, 0.05) is 5.69 Å². The number of hydrogen-bond acceptors (Lipinski definition) is 4. The molecule has 1 saturated heterocycles. The first-order valence-electron chi connectivity index (χ1n) is 9.97. The lowest BCUT2D eigenvalue weighted by Crippen LogP contribution is -2.38. The van der Waals surface area contributed by atoms with Crippen LogP contribution in [0.1, 0.15) is 5.56 Å². The highest BCUT2D eigenvalue weighted by atomic mass is 16.5. The van der Waals surface area contributed by atoms with Gasteiger partial charge in [-0.3, -0.25) is 9.59 Å². The quantitative estimate of drug-likeness (QED) is 0.461. The molecule has 0 unspecified atom stereocenters. The molecule has 2 N–H and O–H groups in total. The zero-order valence-corrected chi connectivity index (χ0v) is 17.4. The van der Waals surface area contributed by atoms with E-state index in [9.17, 15) is 14.4 Å². The molecule has 0 spiro atoms. The topological polar surface area (TPSA) is 87.7 Å². The van der Waals surface area contributed by atoms with Crippen molar-refractivity contribution in [3.8, 4) is 16.9 Å². The summed E-state index contributed by atoms with van der Waals surface area (Å²) in [5.74, 6) is -0.213. The zero-order chi connectivity index (χ0) is 22.5. The van der Waals surface area contributed by atoms with Gasteiger partial charge in [0.05, 0.1) is 7.11 Å². The number of rotatable bonds is 6. The number of ether oxygens (including phenoxy) is 1. The predicted octanol–water partition coefficient (Wildman–Crippen LogP) is 3.89. The average molecular weight is 427 g/mol. The number of carbonyl (C=O) groups is 3. The Morgan fingerprint density at radius 2 is 1.56 bits per heavy atom. The molecular formula is C25H21N3O4. The molecule has 1 fully saturated rings. The van der Waals surface area contributed by atoms with Crippen molar-refractivity contribution in [2.24, 2.45) is 0 Å². The van der Waals surface area contributed by atoms with Crippen molar-refractivity contribution in [1.29, 1.82) is 0 Å². The van der Waals surface area contributed by atoms with Crippen molar-refractivity contribution in [2.75, 3.05) is 19.0 Å². The van der Waals surface area contributed by atoms with Crippen LogP contribution in [0.5, 0.6) is 5.75 Å². The monoisotopic (exact) mass is 427 g/mol. The van der Waals surface area contributed by atoms with Crippen molar-refractivity contribution < 1.29 is 19.1 Å². The third-order valence-corrected chi connectivity index (χ3v) is 4.97. The Morgan fingerprint density at radius 3 is 2.19 bits per heavy atom. The number of nitrogens with one attached hydrogen (secondary N) is 2. The second kappa shape index (κ2) is 9.18. The van der Waals surface area contributed by atoms with E-state index in [2.05, 4.69) is 10.6 Å². The fourth-order valence-electron chi connectivity index (χ4n) is 3.30. The molecule has 0 bridgehead atoms. The summed E-state index contributed by atoms with van der Waals surface area (Å²) < 4.78 is 5.18. The number of anilines is 1.